The molecule has 7 nitrogen and oxygen atoms in total. The van der Waals surface area contributed by atoms with E-state index in [0.717, 1.165) is 36.7 Å². The van der Waals surface area contributed by atoms with Crippen LogP contribution in [0.2, 0.25) is 0 Å². The summed E-state index contributed by atoms with van der Waals surface area (Å²) in [7, 11) is 0. The number of likely N-dealkylation sites (N-methyl/N-ethyl adjacent to an activating group) is 1. The Labute approximate surface area is 183 Å². The van der Waals surface area contributed by atoms with Gasteiger partial charge in [0.15, 0.2) is 0 Å². The van der Waals surface area contributed by atoms with Crippen molar-refractivity contribution in [2.24, 2.45) is 0 Å². The van der Waals surface area contributed by atoms with Crippen LogP contribution in [0.25, 0.3) is 5.65 Å². The van der Waals surface area contributed by atoms with E-state index < -0.39 is 0 Å². The first kappa shape index (κ1) is 22.5. The fraction of sp³-hybridized carbons (Fsp3) is 0.375. The van der Waals surface area contributed by atoms with Crippen LogP contribution in [0.4, 0.5) is 5.69 Å². The molecule has 7 heteroatoms. The minimum Gasteiger partial charge on any atom is -0.351 e. The van der Waals surface area contributed by atoms with Gasteiger partial charge in [-0.2, -0.15) is 0 Å². The average molecular weight is 422 g/mol. The number of pyridine rings is 1. The molecule has 0 aliphatic carbocycles. The topological polar surface area (TPSA) is 78.7 Å². The quantitative estimate of drug-likeness (QED) is 0.527. The van der Waals surface area contributed by atoms with Crippen molar-refractivity contribution in [3.8, 4) is 0 Å². The first-order valence-electron chi connectivity index (χ1n) is 10.8. The second kappa shape index (κ2) is 10.7. The number of rotatable bonds is 10. The van der Waals surface area contributed by atoms with Gasteiger partial charge in [0.05, 0.1) is 5.69 Å². The second-order valence-electron chi connectivity index (χ2n) is 7.48. The highest BCUT2D eigenvalue weighted by Crippen LogP contribution is 2.15. The van der Waals surface area contributed by atoms with Gasteiger partial charge in [-0.05, 0) is 62.8 Å². The summed E-state index contributed by atoms with van der Waals surface area (Å²) in [5.41, 5.74) is 4.14. The van der Waals surface area contributed by atoms with E-state index in [2.05, 4.69) is 34.4 Å². The molecule has 0 unspecified atom stereocenters. The Morgan fingerprint density at radius 2 is 1.81 bits per heavy atom. The Balaban J connectivity index is 1.49. The molecule has 0 fully saturated rings. The molecule has 0 spiro atoms. The van der Waals surface area contributed by atoms with Crippen LogP contribution in [0.15, 0.2) is 48.7 Å². The maximum atomic E-state index is 12.4. The van der Waals surface area contributed by atoms with Crippen molar-refractivity contribution in [1.29, 1.82) is 0 Å². The average Bonchev–Trinajstić information content (AvgIpc) is 3.10. The van der Waals surface area contributed by atoms with Crippen LogP contribution in [0.5, 0.6) is 0 Å². The maximum absolute atomic E-state index is 12.4. The number of hydrogen-bond donors (Lipinski definition) is 2. The van der Waals surface area contributed by atoms with E-state index in [-0.39, 0.29) is 11.8 Å². The molecule has 2 aromatic heterocycles. The third-order valence-corrected chi connectivity index (χ3v) is 5.46. The van der Waals surface area contributed by atoms with Gasteiger partial charge in [-0.3, -0.25) is 9.59 Å². The van der Waals surface area contributed by atoms with Crippen molar-refractivity contribution in [3.05, 3.63) is 65.6 Å². The molecule has 0 bridgehead atoms. The van der Waals surface area contributed by atoms with Gasteiger partial charge in [-0.15, -0.1) is 0 Å². The van der Waals surface area contributed by atoms with E-state index in [1.54, 1.807) is 24.3 Å². The molecule has 2 N–H and O–H groups in total. The predicted molar refractivity (Wildman–Crippen MR) is 123 cm³/mol. The summed E-state index contributed by atoms with van der Waals surface area (Å²) in [5, 5.41) is 5.84. The number of benzene rings is 1. The Hall–Kier alpha value is -3.19. The van der Waals surface area contributed by atoms with Crippen LogP contribution in [0.3, 0.4) is 0 Å². The molecule has 0 aliphatic rings. The molecule has 2 heterocycles. The fourth-order valence-corrected chi connectivity index (χ4v) is 3.60. The molecular weight excluding hydrogens is 390 g/mol. The van der Waals surface area contributed by atoms with E-state index in [4.69, 9.17) is 0 Å². The molecule has 0 saturated heterocycles. The molecule has 0 radical (unpaired) electrons. The van der Waals surface area contributed by atoms with Crippen molar-refractivity contribution in [3.63, 3.8) is 0 Å². The zero-order chi connectivity index (χ0) is 22.2. The highest BCUT2D eigenvalue weighted by molar-refractivity contribution is 5.95. The number of aromatic nitrogens is 2. The maximum Gasteiger partial charge on any atom is 0.251 e. The normalized spacial score (nSPS) is 11.1. The van der Waals surface area contributed by atoms with Gasteiger partial charge in [0.25, 0.3) is 5.91 Å². The summed E-state index contributed by atoms with van der Waals surface area (Å²) in [6.45, 7) is 9.57. The minimum absolute atomic E-state index is 0.0679. The zero-order valence-electron chi connectivity index (χ0n) is 18.5. The van der Waals surface area contributed by atoms with Crippen molar-refractivity contribution < 1.29 is 9.59 Å². The van der Waals surface area contributed by atoms with Crippen LogP contribution in [-0.2, 0) is 11.2 Å². The minimum atomic E-state index is -0.104. The lowest BCUT2D eigenvalue weighted by Gasteiger charge is -2.18. The predicted octanol–water partition coefficient (Wildman–Crippen LogP) is 3.29. The van der Waals surface area contributed by atoms with Gasteiger partial charge in [0, 0.05) is 42.7 Å². The SMILES string of the molecule is CCN(CC)CCNC(=O)c1ccc(NC(=O)CCc2c(C)nc3ccccn23)cc1. The lowest BCUT2D eigenvalue weighted by molar-refractivity contribution is -0.116. The standard InChI is InChI=1S/C24H31N5O2/c1-4-28(5-2)17-15-25-24(31)19-9-11-20(12-10-19)27-23(30)14-13-21-18(3)26-22-8-6-7-16-29(21)22/h6-12,16H,4-5,13-15,17H2,1-3H3,(H,25,31)(H,27,30). The molecule has 3 aromatic rings. The molecule has 31 heavy (non-hydrogen) atoms. The smallest absolute Gasteiger partial charge is 0.251 e. The monoisotopic (exact) mass is 421 g/mol. The summed E-state index contributed by atoms with van der Waals surface area (Å²) in [4.78, 5) is 31.5. The summed E-state index contributed by atoms with van der Waals surface area (Å²) in [6, 6.07) is 12.9. The fourth-order valence-electron chi connectivity index (χ4n) is 3.60. The lowest BCUT2D eigenvalue weighted by atomic mass is 10.1. The van der Waals surface area contributed by atoms with Crippen molar-refractivity contribution in [2.75, 3.05) is 31.5 Å². The largest absolute Gasteiger partial charge is 0.351 e. The summed E-state index contributed by atoms with van der Waals surface area (Å²) in [5.74, 6) is -0.171. The molecular formula is C24H31N5O2. The number of nitrogens with zero attached hydrogens (tertiary/aromatic N) is 3. The van der Waals surface area contributed by atoms with E-state index in [0.29, 0.717) is 30.6 Å². The Morgan fingerprint density at radius 1 is 1.06 bits per heavy atom. The highest BCUT2D eigenvalue weighted by atomic mass is 16.2. The number of nitrogens with one attached hydrogen (secondary N) is 2. The first-order chi connectivity index (χ1) is 15.0. The Kier molecular flexibility index (Phi) is 7.78. The number of imidazole rings is 1. The van der Waals surface area contributed by atoms with Crippen molar-refractivity contribution in [2.45, 2.75) is 33.6 Å². The molecule has 0 aliphatic heterocycles. The molecule has 0 atom stereocenters. The summed E-state index contributed by atoms with van der Waals surface area (Å²) < 4.78 is 2.02. The molecule has 164 valence electrons. The number of amides is 2. The van der Waals surface area contributed by atoms with Crippen molar-refractivity contribution >= 4 is 23.1 Å². The number of aryl methyl sites for hydroxylation is 2. The molecule has 2 amide bonds. The summed E-state index contributed by atoms with van der Waals surface area (Å²) in [6.07, 6.45) is 2.93. The first-order valence-corrected chi connectivity index (χ1v) is 10.8. The van der Waals surface area contributed by atoms with Gasteiger partial charge in [-0.25, -0.2) is 4.98 Å². The third-order valence-electron chi connectivity index (χ3n) is 5.46. The number of carbonyl (C=O) groups is 2. The van der Waals surface area contributed by atoms with Gasteiger partial charge in [0.1, 0.15) is 5.65 Å². The number of anilines is 1. The van der Waals surface area contributed by atoms with E-state index in [1.807, 2.05) is 35.7 Å². The molecule has 1 aromatic carbocycles. The van der Waals surface area contributed by atoms with Gasteiger partial charge in [-0.1, -0.05) is 19.9 Å². The number of carbonyl (C=O) groups excluding carboxylic acids is 2. The Morgan fingerprint density at radius 3 is 2.52 bits per heavy atom. The molecule has 0 saturated carbocycles. The second-order valence-corrected chi connectivity index (χ2v) is 7.48. The number of fused-ring (bicyclic) bond motifs is 1. The van der Waals surface area contributed by atoms with Crippen LogP contribution in [0, 0.1) is 6.92 Å². The van der Waals surface area contributed by atoms with Crippen LogP contribution in [0.1, 0.15) is 42.0 Å². The van der Waals surface area contributed by atoms with Crippen molar-refractivity contribution in [1.82, 2.24) is 19.6 Å². The Bertz CT molecular complexity index is 1020. The zero-order valence-corrected chi connectivity index (χ0v) is 18.5. The lowest BCUT2D eigenvalue weighted by Crippen LogP contribution is -2.34. The van der Waals surface area contributed by atoms with Gasteiger partial charge >= 0.3 is 0 Å². The van der Waals surface area contributed by atoms with E-state index in [1.165, 1.54) is 0 Å². The van der Waals surface area contributed by atoms with E-state index >= 15 is 0 Å². The molecule has 3 rings (SSSR count). The highest BCUT2D eigenvalue weighted by Gasteiger charge is 2.11. The van der Waals surface area contributed by atoms with Crippen LogP contribution < -0.4 is 10.6 Å². The van der Waals surface area contributed by atoms with Gasteiger partial charge in [0.2, 0.25) is 5.91 Å². The van der Waals surface area contributed by atoms with Crippen LogP contribution >= 0.6 is 0 Å². The third kappa shape index (κ3) is 5.92. The van der Waals surface area contributed by atoms with E-state index in [9.17, 15) is 9.59 Å². The van der Waals surface area contributed by atoms with Crippen LogP contribution in [-0.4, -0.2) is 52.3 Å². The van der Waals surface area contributed by atoms with Gasteiger partial charge < -0.3 is 19.9 Å². The summed E-state index contributed by atoms with van der Waals surface area (Å²) >= 11 is 0. The number of hydrogen-bond acceptors (Lipinski definition) is 4.